The highest BCUT2D eigenvalue weighted by atomic mass is 16.5. The van der Waals surface area contributed by atoms with E-state index in [0.717, 1.165) is 22.6 Å². The quantitative estimate of drug-likeness (QED) is 0.461. The van der Waals surface area contributed by atoms with E-state index in [1.807, 2.05) is 48.9 Å². The summed E-state index contributed by atoms with van der Waals surface area (Å²) in [5, 5.41) is 7.25. The van der Waals surface area contributed by atoms with Gasteiger partial charge in [0.05, 0.1) is 18.5 Å². The van der Waals surface area contributed by atoms with Crippen LogP contribution in [0.25, 0.3) is 11.8 Å². The van der Waals surface area contributed by atoms with Crippen LogP contribution in [0.15, 0.2) is 60.7 Å². The second kappa shape index (κ2) is 9.75. The number of carbonyl (C=O) groups excluding carboxylic acids is 2. The fourth-order valence-electron chi connectivity index (χ4n) is 3.05. The predicted octanol–water partition coefficient (Wildman–Crippen LogP) is 4.08. The zero-order valence-electron chi connectivity index (χ0n) is 18.0. The summed E-state index contributed by atoms with van der Waals surface area (Å²) in [6, 6.07) is 16.6. The predicted molar refractivity (Wildman–Crippen MR) is 119 cm³/mol. The van der Waals surface area contributed by atoms with E-state index in [1.165, 1.54) is 13.0 Å². The van der Waals surface area contributed by atoms with E-state index in [1.54, 1.807) is 37.5 Å². The smallest absolute Gasteiger partial charge is 0.331 e. The summed E-state index contributed by atoms with van der Waals surface area (Å²) >= 11 is 0. The van der Waals surface area contributed by atoms with Crippen molar-refractivity contribution in [3.05, 3.63) is 77.6 Å². The van der Waals surface area contributed by atoms with Gasteiger partial charge in [0.15, 0.2) is 6.10 Å². The van der Waals surface area contributed by atoms with Crippen molar-refractivity contribution in [3.8, 4) is 11.4 Å². The van der Waals surface area contributed by atoms with Crippen LogP contribution in [0, 0.1) is 13.8 Å². The number of hydrogen-bond acceptors (Lipinski definition) is 5. The van der Waals surface area contributed by atoms with Crippen molar-refractivity contribution in [3.63, 3.8) is 0 Å². The number of aryl methyl sites for hydroxylation is 1. The Hall–Kier alpha value is -3.87. The number of para-hydroxylation sites is 1. The molecule has 1 N–H and O–H groups in total. The fraction of sp³-hybridized carbons (Fsp3) is 0.208. The summed E-state index contributed by atoms with van der Waals surface area (Å²) in [4.78, 5) is 24.5. The van der Waals surface area contributed by atoms with E-state index in [2.05, 4.69) is 10.4 Å². The van der Waals surface area contributed by atoms with Crippen LogP contribution in [0.1, 0.15) is 23.9 Å². The fourth-order valence-corrected chi connectivity index (χ4v) is 3.05. The molecule has 31 heavy (non-hydrogen) atoms. The van der Waals surface area contributed by atoms with Gasteiger partial charge in [0.25, 0.3) is 5.91 Å². The van der Waals surface area contributed by atoms with Gasteiger partial charge in [-0.2, -0.15) is 5.10 Å². The number of hydrogen-bond donors (Lipinski definition) is 1. The summed E-state index contributed by atoms with van der Waals surface area (Å²) in [5.41, 5.74) is 4.04. The van der Waals surface area contributed by atoms with Gasteiger partial charge in [-0.15, -0.1) is 0 Å². The molecule has 3 rings (SSSR count). The summed E-state index contributed by atoms with van der Waals surface area (Å²) in [5.74, 6) is -0.344. The van der Waals surface area contributed by atoms with Crippen LogP contribution in [0.2, 0.25) is 0 Å². The van der Waals surface area contributed by atoms with Crippen LogP contribution in [-0.2, 0) is 14.3 Å². The lowest BCUT2D eigenvalue weighted by Gasteiger charge is -2.12. The largest absolute Gasteiger partial charge is 0.497 e. The third-order valence-corrected chi connectivity index (χ3v) is 4.75. The summed E-state index contributed by atoms with van der Waals surface area (Å²) in [6.07, 6.45) is 2.02. The molecule has 0 bridgehead atoms. The van der Waals surface area contributed by atoms with Crippen molar-refractivity contribution in [2.75, 3.05) is 12.4 Å². The molecule has 0 aliphatic carbocycles. The standard InChI is InChI=1S/C24H25N3O4/c1-16-22(17(2)27(26-16)20-8-6-5-7-9-20)14-15-23(28)31-18(3)24(29)25-19-10-12-21(30-4)13-11-19/h5-15,18H,1-4H3,(H,25,29)/b15-14+/t18-/m1/s1. The van der Waals surface area contributed by atoms with Gasteiger partial charge >= 0.3 is 5.97 Å². The zero-order chi connectivity index (χ0) is 22.4. The van der Waals surface area contributed by atoms with Crippen molar-refractivity contribution in [2.45, 2.75) is 26.9 Å². The third kappa shape index (κ3) is 5.39. The molecule has 1 heterocycles. The van der Waals surface area contributed by atoms with Crippen molar-refractivity contribution in [2.24, 2.45) is 0 Å². The Bertz CT molecular complexity index is 1090. The first-order valence-corrected chi connectivity index (χ1v) is 9.84. The van der Waals surface area contributed by atoms with Crippen molar-refractivity contribution in [1.29, 1.82) is 0 Å². The van der Waals surface area contributed by atoms with Gasteiger partial charge in [-0.1, -0.05) is 18.2 Å². The van der Waals surface area contributed by atoms with Crippen molar-refractivity contribution in [1.82, 2.24) is 9.78 Å². The average molecular weight is 419 g/mol. The lowest BCUT2D eigenvalue weighted by Crippen LogP contribution is -2.29. The van der Waals surface area contributed by atoms with Gasteiger partial charge in [-0.05, 0) is 63.2 Å². The number of rotatable bonds is 7. The Morgan fingerprint density at radius 1 is 1.06 bits per heavy atom. The van der Waals surface area contributed by atoms with Crippen molar-refractivity contribution >= 4 is 23.6 Å². The Balaban J connectivity index is 1.62. The number of carbonyl (C=O) groups is 2. The van der Waals surface area contributed by atoms with E-state index in [0.29, 0.717) is 11.4 Å². The number of nitrogens with one attached hydrogen (secondary N) is 1. The first-order chi connectivity index (χ1) is 14.9. The van der Waals surface area contributed by atoms with Crippen LogP contribution >= 0.6 is 0 Å². The normalized spacial score (nSPS) is 11.9. The van der Waals surface area contributed by atoms with Gasteiger partial charge in [0.1, 0.15) is 5.75 Å². The Morgan fingerprint density at radius 3 is 2.39 bits per heavy atom. The highest BCUT2D eigenvalue weighted by Gasteiger charge is 2.17. The van der Waals surface area contributed by atoms with Crippen LogP contribution in [-0.4, -0.2) is 34.9 Å². The molecule has 0 radical (unpaired) electrons. The highest BCUT2D eigenvalue weighted by Crippen LogP contribution is 2.19. The molecule has 0 aliphatic heterocycles. The minimum atomic E-state index is -0.950. The number of benzene rings is 2. The maximum Gasteiger partial charge on any atom is 0.331 e. The van der Waals surface area contributed by atoms with E-state index in [4.69, 9.17) is 9.47 Å². The molecule has 1 amide bonds. The summed E-state index contributed by atoms with van der Waals surface area (Å²) in [7, 11) is 1.57. The lowest BCUT2D eigenvalue weighted by molar-refractivity contribution is -0.148. The molecule has 160 valence electrons. The lowest BCUT2D eigenvalue weighted by atomic mass is 10.2. The molecule has 0 saturated carbocycles. The van der Waals surface area contributed by atoms with E-state index in [-0.39, 0.29) is 0 Å². The molecule has 0 fully saturated rings. The maximum absolute atomic E-state index is 12.3. The number of methoxy groups -OCH3 is 1. The second-order valence-electron chi connectivity index (χ2n) is 6.96. The van der Waals surface area contributed by atoms with Gasteiger partial charge < -0.3 is 14.8 Å². The summed E-state index contributed by atoms with van der Waals surface area (Å²) < 4.78 is 12.1. The molecule has 0 saturated heterocycles. The van der Waals surface area contributed by atoms with Crippen LogP contribution in [0.5, 0.6) is 5.75 Å². The van der Waals surface area contributed by atoms with E-state index < -0.39 is 18.0 Å². The number of aromatic nitrogens is 2. The second-order valence-corrected chi connectivity index (χ2v) is 6.96. The first-order valence-electron chi connectivity index (χ1n) is 9.84. The molecular weight excluding hydrogens is 394 g/mol. The molecule has 2 aromatic carbocycles. The molecule has 7 heteroatoms. The van der Waals surface area contributed by atoms with Crippen LogP contribution in [0.4, 0.5) is 5.69 Å². The first kappa shape index (κ1) is 21.8. The van der Waals surface area contributed by atoms with E-state index in [9.17, 15) is 9.59 Å². The maximum atomic E-state index is 12.3. The third-order valence-electron chi connectivity index (χ3n) is 4.75. The Labute approximate surface area is 181 Å². The molecule has 0 spiro atoms. The van der Waals surface area contributed by atoms with Gasteiger partial charge in [-0.3, -0.25) is 4.79 Å². The molecule has 0 unspecified atom stereocenters. The number of esters is 1. The summed E-state index contributed by atoms with van der Waals surface area (Å²) in [6.45, 7) is 5.33. The SMILES string of the molecule is COc1ccc(NC(=O)[C@@H](C)OC(=O)/C=C/c2c(C)nn(-c3ccccc3)c2C)cc1. The molecule has 1 atom stereocenters. The number of nitrogens with zero attached hydrogens (tertiary/aromatic N) is 2. The highest BCUT2D eigenvalue weighted by molar-refractivity contribution is 5.96. The number of amides is 1. The van der Waals surface area contributed by atoms with Crippen molar-refractivity contribution < 1.29 is 19.1 Å². The average Bonchev–Trinajstić information content (AvgIpc) is 3.06. The number of ether oxygens (including phenoxy) is 2. The van der Waals surface area contributed by atoms with Gasteiger partial charge in [0, 0.05) is 23.0 Å². The van der Waals surface area contributed by atoms with Gasteiger partial charge in [0.2, 0.25) is 0 Å². The molecular formula is C24H25N3O4. The van der Waals surface area contributed by atoms with Crippen LogP contribution < -0.4 is 10.1 Å². The molecule has 0 aliphatic rings. The Morgan fingerprint density at radius 2 is 1.74 bits per heavy atom. The topological polar surface area (TPSA) is 82.4 Å². The van der Waals surface area contributed by atoms with Gasteiger partial charge in [-0.25, -0.2) is 9.48 Å². The minimum Gasteiger partial charge on any atom is -0.497 e. The van der Waals surface area contributed by atoms with Crippen LogP contribution in [0.3, 0.4) is 0 Å². The molecule has 3 aromatic rings. The number of anilines is 1. The Kier molecular flexibility index (Phi) is 6.87. The molecule has 1 aromatic heterocycles. The van der Waals surface area contributed by atoms with E-state index >= 15 is 0 Å². The minimum absolute atomic E-state index is 0.420. The monoisotopic (exact) mass is 419 g/mol. The molecule has 7 nitrogen and oxygen atoms in total. The zero-order valence-corrected chi connectivity index (χ0v) is 18.0.